The van der Waals surface area contributed by atoms with E-state index < -0.39 is 17.7 Å². The first-order valence-electron chi connectivity index (χ1n) is 7.77. The molecule has 0 aliphatic rings. The Balaban J connectivity index is 2.24. The number of benzene rings is 1. The summed E-state index contributed by atoms with van der Waals surface area (Å²) in [6.07, 6.45) is 1.16. The number of hydrogen-bond donors (Lipinski definition) is 2. The zero-order valence-electron chi connectivity index (χ0n) is 13.5. The molecule has 2 N–H and O–H groups in total. The van der Waals surface area contributed by atoms with Gasteiger partial charge in [0.2, 0.25) is 5.91 Å². The first-order valence-corrected chi connectivity index (χ1v) is 7.77. The third-order valence-electron chi connectivity index (χ3n) is 3.29. The molecule has 0 aliphatic carbocycles. The highest BCUT2D eigenvalue weighted by atomic mass is 19.1. The number of ether oxygens (including phenoxy) is 1. The zero-order chi connectivity index (χ0) is 17.2. The molecule has 6 heteroatoms. The molecular weight excluding hydrogens is 301 g/mol. The average Bonchev–Trinajstić information content (AvgIpc) is 2.49. The summed E-state index contributed by atoms with van der Waals surface area (Å²) in [7, 11) is 0. The van der Waals surface area contributed by atoms with Gasteiger partial charge in [0, 0.05) is 13.0 Å². The number of halogens is 1. The maximum absolute atomic E-state index is 13.3. The van der Waals surface area contributed by atoms with E-state index in [1.165, 1.54) is 12.1 Å². The van der Waals surface area contributed by atoms with Gasteiger partial charge >= 0.3 is 5.97 Å². The van der Waals surface area contributed by atoms with Crippen molar-refractivity contribution < 1.29 is 23.8 Å². The molecule has 128 valence electrons. The van der Waals surface area contributed by atoms with E-state index in [2.05, 4.69) is 5.32 Å². The summed E-state index contributed by atoms with van der Waals surface area (Å²) < 4.78 is 18.6. The van der Waals surface area contributed by atoms with Crippen LogP contribution in [0.15, 0.2) is 24.3 Å². The second-order valence-corrected chi connectivity index (χ2v) is 5.85. The molecule has 5 nitrogen and oxygen atoms in total. The molecule has 0 spiro atoms. The van der Waals surface area contributed by atoms with Gasteiger partial charge in [-0.2, -0.15) is 0 Å². The number of hydrogen-bond acceptors (Lipinski definition) is 3. The molecule has 1 aromatic carbocycles. The van der Waals surface area contributed by atoms with Gasteiger partial charge in [0.15, 0.2) is 11.6 Å². The number of carboxylic acid groups (broad SMARTS) is 1. The summed E-state index contributed by atoms with van der Waals surface area (Å²) >= 11 is 0. The Bertz CT molecular complexity index is 519. The van der Waals surface area contributed by atoms with E-state index >= 15 is 0 Å². The number of para-hydroxylation sites is 1. The highest BCUT2D eigenvalue weighted by molar-refractivity contribution is 5.77. The molecule has 0 bridgehead atoms. The normalized spacial score (nSPS) is 12.0. The van der Waals surface area contributed by atoms with Gasteiger partial charge in [-0.1, -0.05) is 26.0 Å². The number of nitrogens with one attached hydrogen (secondary N) is 1. The molecule has 0 fully saturated rings. The fourth-order valence-corrected chi connectivity index (χ4v) is 2.14. The van der Waals surface area contributed by atoms with Crippen molar-refractivity contribution >= 4 is 11.9 Å². The molecule has 1 aromatic rings. The fourth-order valence-electron chi connectivity index (χ4n) is 2.14. The standard InChI is InChI=1S/C17H24FNO4/c1-12(2)10-13(17(21)22)11-19-16(20)8-5-9-23-15-7-4-3-6-14(15)18/h3-4,6-7,12-13H,5,8-11H2,1-2H3,(H,19,20)(H,21,22). The van der Waals surface area contributed by atoms with Crippen LogP contribution in [0.25, 0.3) is 0 Å². The minimum atomic E-state index is -0.901. The van der Waals surface area contributed by atoms with E-state index in [0.29, 0.717) is 12.8 Å². The summed E-state index contributed by atoms with van der Waals surface area (Å²) in [5.41, 5.74) is 0. The lowest BCUT2D eigenvalue weighted by Gasteiger charge is -2.15. The lowest BCUT2D eigenvalue weighted by atomic mass is 9.97. The van der Waals surface area contributed by atoms with E-state index in [0.717, 1.165) is 0 Å². The van der Waals surface area contributed by atoms with Crippen LogP contribution in [0.2, 0.25) is 0 Å². The minimum Gasteiger partial charge on any atom is -0.491 e. The Kier molecular flexibility index (Phi) is 8.08. The van der Waals surface area contributed by atoms with Crippen molar-refractivity contribution in [1.29, 1.82) is 0 Å². The summed E-state index contributed by atoms with van der Waals surface area (Å²) in [4.78, 5) is 22.8. The van der Waals surface area contributed by atoms with Gasteiger partial charge in [0.1, 0.15) is 0 Å². The Morgan fingerprint density at radius 3 is 2.61 bits per heavy atom. The van der Waals surface area contributed by atoms with Gasteiger partial charge < -0.3 is 15.2 Å². The van der Waals surface area contributed by atoms with Gasteiger partial charge in [-0.15, -0.1) is 0 Å². The average molecular weight is 325 g/mol. The van der Waals surface area contributed by atoms with Crippen LogP contribution < -0.4 is 10.1 Å². The summed E-state index contributed by atoms with van der Waals surface area (Å²) in [6, 6.07) is 6.08. The quantitative estimate of drug-likeness (QED) is 0.649. The Morgan fingerprint density at radius 1 is 1.30 bits per heavy atom. The van der Waals surface area contributed by atoms with Gasteiger partial charge in [-0.25, -0.2) is 4.39 Å². The van der Waals surface area contributed by atoms with Crippen LogP contribution in [0.1, 0.15) is 33.1 Å². The Morgan fingerprint density at radius 2 is 2.00 bits per heavy atom. The van der Waals surface area contributed by atoms with E-state index in [4.69, 9.17) is 9.84 Å². The fraction of sp³-hybridized carbons (Fsp3) is 0.529. The van der Waals surface area contributed by atoms with Crippen LogP contribution >= 0.6 is 0 Å². The van der Waals surface area contributed by atoms with Crippen LogP contribution in [0, 0.1) is 17.7 Å². The first kappa shape index (κ1) is 18.9. The molecule has 0 radical (unpaired) electrons. The van der Waals surface area contributed by atoms with Gasteiger partial charge in [-0.3, -0.25) is 9.59 Å². The lowest BCUT2D eigenvalue weighted by molar-refractivity contribution is -0.142. The molecule has 1 unspecified atom stereocenters. The maximum atomic E-state index is 13.3. The minimum absolute atomic E-state index is 0.126. The van der Waals surface area contributed by atoms with Crippen molar-refractivity contribution in [2.24, 2.45) is 11.8 Å². The zero-order valence-corrected chi connectivity index (χ0v) is 13.5. The van der Waals surface area contributed by atoms with E-state index in [1.54, 1.807) is 12.1 Å². The van der Waals surface area contributed by atoms with Crippen molar-refractivity contribution in [3.63, 3.8) is 0 Å². The third kappa shape index (κ3) is 7.63. The number of aliphatic carboxylic acids is 1. The first-order chi connectivity index (χ1) is 10.9. The summed E-state index contributed by atoms with van der Waals surface area (Å²) in [6.45, 7) is 4.23. The topological polar surface area (TPSA) is 75.6 Å². The molecule has 0 aliphatic heterocycles. The predicted octanol–water partition coefficient (Wildman–Crippen LogP) is 2.85. The highest BCUT2D eigenvalue weighted by Crippen LogP contribution is 2.15. The third-order valence-corrected chi connectivity index (χ3v) is 3.29. The van der Waals surface area contributed by atoms with Crippen LogP contribution in [0.3, 0.4) is 0 Å². The Labute approximate surface area is 135 Å². The van der Waals surface area contributed by atoms with E-state index in [1.807, 2.05) is 13.8 Å². The van der Waals surface area contributed by atoms with Crippen molar-refractivity contribution in [2.75, 3.05) is 13.2 Å². The summed E-state index contributed by atoms with van der Waals surface area (Å²) in [5, 5.41) is 11.7. The molecule has 1 amide bonds. The van der Waals surface area contributed by atoms with E-state index in [-0.39, 0.29) is 37.1 Å². The predicted molar refractivity (Wildman–Crippen MR) is 84.7 cm³/mol. The van der Waals surface area contributed by atoms with Crippen LogP contribution in [-0.2, 0) is 9.59 Å². The molecule has 1 rings (SSSR count). The number of amides is 1. The van der Waals surface area contributed by atoms with Crippen molar-refractivity contribution in [3.8, 4) is 5.75 Å². The number of carboxylic acids is 1. The van der Waals surface area contributed by atoms with Crippen LogP contribution in [0.4, 0.5) is 4.39 Å². The number of carbonyl (C=O) groups excluding carboxylic acids is 1. The largest absolute Gasteiger partial charge is 0.491 e. The second-order valence-electron chi connectivity index (χ2n) is 5.85. The SMILES string of the molecule is CC(C)CC(CNC(=O)CCCOc1ccccc1F)C(=O)O. The maximum Gasteiger partial charge on any atom is 0.308 e. The number of carbonyl (C=O) groups is 2. The van der Waals surface area contributed by atoms with Crippen LogP contribution in [-0.4, -0.2) is 30.1 Å². The van der Waals surface area contributed by atoms with E-state index in [9.17, 15) is 14.0 Å². The molecule has 1 atom stereocenters. The molecule has 0 heterocycles. The highest BCUT2D eigenvalue weighted by Gasteiger charge is 2.19. The van der Waals surface area contributed by atoms with Crippen molar-refractivity contribution in [1.82, 2.24) is 5.32 Å². The number of rotatable bonds is 10. The molecule has 0 saturated carbocycles. The Hall–Kier alpha value is -2.11. The van der Waals surface area contributed by atoms with Gasteiger partial charge in [0.05, 0.1) is 12.5 Å². The monoisotopic (exact) mass is 325 g/mol. The summed E-state index contributed by atoms with van der Waals surface area (Å²) in [5.74, 6) is -1.72. The molecule has 23 heavy (non-hydrogen) atoms. The smallest absolute Gasteiger partial charge is 0.308 e. The van der Waals surface area contributed by atoms with Gasteiger partial charge in [-0.05, 0) is 30.9 Å². The lowest BCUT2D eigenvalue weighted by Crippen LogP contribution is -2.33. The van der Waals surface area contributed by atoms with Crippen molar-refractivity contribution in [3.05, 3.63) is 30.1 Å². The van der Waals surface area contributed by atoms with Gasteiger partial charge in [0.25, 0.3) is 0 Å². The molecular formula is C17H24FNO4. The van der Waals surface area contributed by atoms with Crippen molar-refractivity contribution in [2.45, 2.75) is 33.1 Å². The molecule has 0 aromatic heterocycles. The molecule has 0 saturated heterocycles. The van der Waals surface area contributed by atoms with Crippen LogP contribution in [0.5, 0.6) is 5.75 Å². The second kappa shape index (κ2) is 9.82.